The summed E-state index contributed by atoms with van der Waals surface area (Å²) in [6.07, 6.45) is -0.191. The van der Waals surface area contributed by atoms with Crippen LogP contribution >= 0.6 is 0 Å². The lowest BCUT2D eigenvalue weighted by Gasteiger charge is -2.27. The van der Waals surface area contributed by atoms with Crippen molar-refractivity contribution in [2.24, 2.45) is 5.92 Å². The summed E-state index contributed by atoms with van der Waals surface area (Å²) in [4.78, 5) is 13.2. The molecule has 0 atom stereocenters. The van der Waals surface area contributed by atoms with Gasteiger partial charge < -0.3 is 4.74 Å². The number of nitrogens with zero attached hydrogens (tertiary/aromatic N) is 1. The van der Waals surface area contributed by atoms with Crippen molar-refractivity contribution in [3.05, 3.63) is 28.8 Å². The number of carbonyl (C=O) groups excluding carboxylic acids is 1. The van der Waals surface area contributed by atoms with Crippen LogP contribution in [-0.4, -0.2) is 18.7 Å². The summed E-state index contributed by atoms with van der Waals surface area (Å²) in [6, 6.07) is 0.834. The third kappa shape index (κ3) is 4.42. The molecular weight excluding hydrogens is 288 g/mol. The van der Waals surface area contributed by atoms with Gasteiger partial charge >= 0.3 is 6.09 Å². The van der Waals surface area contributed by atoms with Crippen LogP contribution in [0.25, 0.3) is 0 Å². The largest absolute Gasteiger partial charge is 0.443 e. The summed E-state index contributed by atoms with van der Waals surface area (Å²) in [5.74, 6) is -1.13. The van der Waals surface area contributed by atoms with Crippen LogP contribution < -0.4 is 4.90 Å². The van der Waals surface area contributed by atoms with Gasteiger partial charge in [-0.2, -0.15) is 0 Å². The topological polar surface area (TPSA) is 29.5 Å². The molecule has 3 nitrogen and oxygen atoms in total. The molecule has 124 valence electrons. The van der Waals surface area contributed by atoms with Gasteiger partial charge in [-0.25, -0.2) is 13.6 Å². The molecule has 0 aliphatic rings. The van der Waals surface area contributed by atoms with E-state index in [0.717, 1.165) is 11.0 Å². The van der Waals surface area contributed by atoms with Gasteiger partial charge in [0.25, 0.3) is 0 Å². The number of hydrogen-bond donors (Lipinski definition) is 0. The van der Waals surface area contributed by atoms with Crippen molar-refractivity contribution in [2.75, 3.05) is 11.9 Å². The molecule has 1 rings (SSSR count). The lowest BCUT2D eigenvalue weighted by Crippen LogP contribution is -2.35. The molecular formula is C17H25F2NO2. The molecule has 0 aliphatic carbocycles. The monoisotopic (exact) mass is 313 g/mol. The number of benzene rings is 1. The second kappa shape index (κ2) is 6.63. The van der Waals surface area contributed by atoms with Gasteiger partial charge in [-0.05, 0) is 51.2 Å². The molecule has 0 saturated heterocycles. The third-order valence-electron chi connectivity index (χ3n) is 3.19. The van der Waals surface area contributed by atoms with Crippen molar-refractivity contribution < 1.29 is 18.3 Å². The predicted octanol–water partition coefficient (Wildman–Crippen LogP) is 4.84. The second-order valence-electron chi connectivity index (χ2n) is 6.93. The Balaban J connectivity index is 3.26. The molecule has 1 aromatic rings. The molecule has 22 heavy (non-hydrogen) atoms. The molecule has 0 bridgehead atoms. The van der Waals surface area contributed by atoms with Crippen molar-refractivity contribution in [1.29, 1.82) is 0 Å². The number of ether oxygens (including phenoxy) is 1. The number of rotatable bonds is 3. The van der Waals surface area contributed by atoms with E-state index in [1.807, 2.05) is 13.8 Å². The Bertz CT molecular complexity index is 563. The van der Waals surface area contributed by atoms with E-state index < -0.39 is 23.3 Å². The molecule has 5 heteroatoms. The maximum Gasteiger partial charge on any atom is 0.414 e. The Morgan fingerprint density at radius 1 is 1.27 bits per heavy atom. The van der Waals surface area contributed by atoms with E-state index in [4.69, 9.17) is 4.74 Å². The number of carbonyl (C=O) groups is 1. The Hall–Kier alpha value is -1.65. The minimum Gasteiger partial charge on any atom is -0.443 e. The minimum atomic E-state index is -0.768. The Morgan fingerprint density at radius 2 is 1.82 bits per heavy atom. The van der Waals surface area contributed by atoms with Crippen LogP contribution in [0.4, 0.5) is 19.3 Å². The van der Waals surface area contributed by atoms with Crippen LogP contribution in [0, 0.1) is 24.5 Å². The fourth-order valence-electron chi connectivity index (χ4n) is 2.26. The zero-order chi connectivity index (χ0) is 17.2. The standard InChI is InChI=1S/C17H25F2NO2/c1-10(2)8-12-11(3)15(14(19)9-13(12)18)20(7)16(21)22-17(4,5)6/h9-10H,8H2,1-7H3. The molecule has 0 heterocycles. The number of halogens is 2. The zero-order valence-corrected chi connectivity index (χ0v) is 14.4. The first-order valence-electron chi connectivity index (χ1n) is 7.38. The summed E-state index contributed by atoms with van der Waals surface area (Å²) in [5.41, 5.74) is 0.240. The molecule has 0 aromatic heterocycles. The number of amides is 1. The van der Waals surface area contributed by atoms with Crippen molar-refractivity contribution in [3.63, 3.8) is 0 Å². The van der Waals surface area contributed by atoms with Gasteiger partial charge in [0.05, 0.1) is 5.69 Å². The highest BCUT2D eigenvalue weighted by Gasteiger charge is 2.26. The Kier molecular flexibility index (Phi) is 5.54. The Labute approximate surface area is 131 Å². The normalized spacial score (nSPS) is 11.7. The van der Waals surface area contributed by atoms with Crippen LogP contribution in [0.3, 0.4) is 0 Å². The Morgan fingerprint density at radius 3 is 2.27 bits per heavy atom. The van der Waals surface area contributed by atoms with E-state index in [0.29, 0.717) is 17.5 Å². The van der Waals surface area contributed by atoms with Gasteiger partial charge in [0.2, 0.25) is 0 Å². The first kappa shape index (κ1) is 18.4. The molecule has 0 unspecified atom stereocenters. The highest BCUT2D eigenvalue weighted by Crippen LogP contribution is 2.30. The van der Waals surface area contributed by atoms with Gasteiger partial charge in [-0.1, -0.05) is 13.8 Å². The average Bonchev–Trinajstić information content (AvgIpc) is 2.31. The summed E-state index contributed by atoms with van der Waals surface area (Å²) >= 11 is 0. The summed E-state index contributed by atoms with van der Waals surface area (Å²) in [7, 11) is 1.43. The van der Waals surface area contributed by atoms with Crippen LogP contribution in [0.2, 0.25) is 0 Å². The minimum absolute atomic E-state index is 0.0614. The van der Waals surface area contributed by atoms with Crippen molar-refractivity contribution in [1.82, 2.24) is 0 Å². The van der Waals surface area contributed by atoms with Gasteiger partial charge in [0.1, 0.15) is 17.2 Å². The zero-order valence-electron chi connectivity index (χ0n) is 14.4. The molecule has 1 aromatic carbocycles. The second-order valence-corrected chi connectivity index (χ2v) is 6.93. The quantitative estimate of drug-likeness (QED) is 0.799. The van der Waals surface area contributed by atoms with Crippen LogP contribution in [0.5, 0.6) is 0 Å². The molecule has 0 aliphatic heterocycles. The summed E-state index contributed by atoms with van der Waals surface area (Å²) in [5, 5.41) is 0. The fourth-order valence-corrected chi connectivity index (χ4v) is 2.26. The predicted molar refractivity (Wildman–Crippen MR) is 84.3 cm³/mol. The molecule has 0 spiro atoms. The highest BCUT2D eigenvalue weighted by atomic mass is 19.1. The van der Waals surface area contributed by atoms with Crippen molar-refractivity contribution in [2.45, 2.75) is 53.6 Å². The van der Waals surface area contributed by atoms with Gasteiger partial charge in [-0.15, -0.1) is 0 Å². The maximum absolute atomic E-state index is 14.2. The lowest BCUT2D eigenvalue weighted by molar-refractivity contribution is 0.0588. The number of anilines is 1. The van der Waals surface area contributed by atoms with Crippen molar-refractivity contribution in [3.8, 4) is 0 Å². The average molecular weight is 313 g/mol. The van der Waals surface area contributed by atoms with E-state index in [-0.39, 0.29) is 11.6 Å². The first-order chi connectivity index (χ1) is 9.94. The SMILES string of the molecule is Cc1c(CC(C)C)c(F)cc(F)c1N(C)C(=O)OC(C)(C)C. The molecule has 0 saturated carbocycles. The highest BCUT2D eigenvalue weighted by molar-refractivity contribution is 5.88. The number of hydrogen-bond acceptors (Lipinski definition) is 2. The first-order valence-corrected chi connectivity index (χ1v) is 7.38. The molecule has 0 fully saturated rings. The van der Waals surface area contributed by atoms with Crippen LogP contribution in [0.15, 0.2) is 6.07 Å². The van der Waals surface area contributed by atoms with E-state index in [1.165, 1.54) is 7.05 Å². The van der Waals surface area contributed by atoms with Gasteiger partial charge in [-0.3, -0.25) is 4.90 Å². The fraction of sp³-hybridized carbons (Fsp3) is 0.588. The lowest BCUT2D eigenvalue weighted by atomic mass is 9.96. The molecule has 1 amide bonds. The summed E-state index contributed by atoms with van der Waals surface area (Å²) < 4.78 is 33.4. The van der Waals surface area contributed by atoms with Crippen LogP contribution in [0.1, 0.15) is 45.7 Å². The van der Waals surface area contributed by atoms with Gasteiger partial charge in [0, 0.05) is 13.1 Å². The molecule has 0 radical (unpaired) electrons. The van der Waals surface area contributed by atoms with Crippen molar-refractivity contribution >= 4 is 11.8 Å². The summed E-state index contributed by atoms with van der Waals surface area (Å²) in [6.45, 7) is 10.7. The third-order valence-corrected chi connectivity index (χ3v) is 3.19. The van der Waals surface area contributed by atoms with E-state index >= 15 is 0 Å². The van der Waals surface area contributed by atoms with E-state index in [9.17, 15) is 13.6 Å². The molecule has 0 N–H and O–H groups in total. The van der Waals surface area contributed by atoms with E-state index in [2.05, 4.69) is 0 Å². The smallest absolute Gasteiger partial charge is 0.414 e. The van der Waals surface area contributed by atoms with Crippen LogP contribution in [-0.2, 0) is 11.2 Å². The maximum atomic E-state index is 14.2. The van der Waals surface area contributed by atoms with E-state index in [1.54, 1.807) is 27.7 Å². The van der Waals surface area contributed by atoms with Gasteiger partial charge in [0.15, 0.2) is 0 Å².